The van der Waals surface area contributed by atoms with Gasteiger partial charge in [-0.25, -0.2) is 0 Å². The van der Waals surface area contributed by atoms with Crippen LogP contribution in [-0.2, 0) is 0 Å². The molecule has 0 saturated carbocycles. The van der Waals surface area contributed by atoms with Gasteiger partial charge in [-0.15, -0.1) is 23.7 Å². The molecule has 0 aliphatic carbocycles. The van der Waals surface area contributed by atoms with E-state index in [0.29, 0.717) is 6.04 Å². The van der Waals surface area contributed by atoms with Crippen molar-refractivity contribution in [2.24, 2.45) is 0 Å². The Morgan fingerprint density at radius 2 is 2.26 bits per heavy atom. The van der Waals surface area contributed by atoms with Crippen LogP contribution < -0.4 is 10.6 Å². The number of rotatable bonds is 3. The highest BCUT2D eigenvalue weighted by Crippen LogP contribution is 2.25. The summed E-state index contributed by atoms with van der Waals surface area (Å²) in [6.07, 6.45) is 2.37. The monoisotopic (exact) mass is 296 g/mol. The van der Waals surface area contributed by atoms with Crippen molar-refractivity contribution in [1.82, 2.24) is 10.6 Å². The van der Waals surface area contributed by atoms with Crippen LogP contribution in [0.25, 0.3) is 10.1 Å². The zero-order valence-corrected chi connectivity index (χ0v) is 12.2. The van der Waals surface area contributed by atoms with Crippen LogP contribution in [0.1, 0.15) is 23.2 Å². The lowest BCUT2D eigenvalue weighted by Crippen LogP contribution is -2.37. The lowest BCUT2D eigenvalue weighted by atomic mass is 10.1. The first-order chi connectivity index (χ1) is 8.84. The number of carbonyl (C=O) groups excluding carboxylic acids is 1. The summed E-state index contributed by atoms with van der Waals surface area (Å²) in [4.78, 5) is 12.1. The summed E-state index contributed by atoms with van der Waals surface area (Å²) in [5.41, 5.74) is 0.800. The van der Waals surface area contributed by atoms with Crippen LogP contribution >= 0.6 is 23.7 Å². The molecule has 1 fully saturated rings. The minimum atomic E-state index is 0. The van der Waals surface area contributed by atoms with Crippen LogP contribution in [0.2, 0.25) is 0 Å². The van der Waals surface area contributed by atoms with Crippen molar-refractivity contribution in [2.75, 3.05) is 13.1 Å². The zero-order chi connectivity index (χ0) is 12.4. The standard InChI is InChI=1S/C14H16N2OS.ClH/c17-14(16-8-10-4-3-7-15-10)12-9-18-13-6-2-1-5-11(12)13;/h1-2,5-6,9-10,15H,3-4,7-8H2,(H,16,17);1H. The molecule has 19 heavy (non-hydrogen) atoms. The molecule has 0 radical (unpaired) electrons. The summed E-state index contributed by atoms with van der Waals surface area (Å²) in [6, 6.07) is 8.48. The Morgan fingerprint density at radius 3 is 3.05 bits per heavy atom. The van der Waals surface area contributed by atoms with Crippen molar-refractivity contribution in [3.05, 3.63) is 35.2 Å². The lowest BCUT2D eigenvalue weighted by Gasteiger charge is -2.11. The topological polar surface area (TPSA) is 41.1 Å². The number of nitrogens with one attached hydrogen (secondary N) is 2. The maximum atomic E-state index is 12.1. The maximum absolute atomic E-state index is 12.1. The second-order valence-corrected chi connectivity index (χ2v) is 5.56. The van der Waals surface area contributed by atoms with Gasteiger partial charge in [0.25, 0.3) is 5.91 Å². The number of hydrogen-bond acceptors (Lipinski definition) is 3. The van der Waals surface area contributed by atoms with Gasteiger partial charge >= 0.3 is 0 Å². The summed E-state index contributed by atoms with van der Waals surface area (Å²) in [5, 5.41) is 9.41. The van der Waals surface area contributed by atoms with E-state index in [1.54, 1.807) is 11.3 Å². The Kier molecular flexibility index (Phi) is 4.80. The zero-order valence-electron chi connectivity index (χ0n) is 10.5. The van der Waals surface area contributed by atoms with Gasteiger partial charge in [-0.2, -0.15) is 0 Å². The summed E-state index contributed by atoms with van der Waals surface area (Å²) < 4.78 is 1.17. The van der Waals surface area contributed by atoms with Crippen LogP contribution in [0, 0.1) is 0 Å². The quantitative estimate of drug-likeness (QED) is 0.914. The Labute approximate surface area is 122 Å². The Hall–Kier alpha value is -1.10. The van der Waals surface area contributed by atoms with E-state index in [1.165, 1.54) is 11.1 Å². The number of hydrogen-bond donors (Lipinski definition) is 2. The highest BCUT2D eigenvalue weighted by molar-refractivity contribution is 7.17. The van der Waals surface area contributed by atoms with Gasteiger partial charge in [0.15, 0.2) is 0 Å². The summed E-state index contributed by atoms with van der Waals surface area (Å²) in [7, 11) is 0. The number of thiophene rings is 1. The van der Waals surface area contributed by atoms with Crippen LogP contribution in [0.5, 0.6) is 0 Å². The third-order valence-electron chi connectivity index (χ3n) is 3.40. The molecule has 1 aliphatic heterocycles. The number of amides is 1. The van der Waals surface area contributed by atoms with Crippen molar-refractivity contribution >= 4 is 39.7 Å². The molecule has 3 rings (SSSR count). The smallest absolute Gasteiger partial charge is 0.252 e. The van der Waals surface area contributed by atoms with E-state index < -0.39 is 0 Å². The molecule has 1 aromatic carbocycles. The second-order valence-electron chi connectivity index (χ2n) is 4.65. The van der Waals surface area contributed by atoms with Gasteiger partial charge in [-0.05, 0) is 25.5 Å². The first-order valence-corrected chi connectivity index (χ1v) is 7.20. The molecule has 1 atom stereocenters. The van der Waals surface area contributed by atoms with Gasteiger partial charge in [0.05, 0.1) is 5.56 Å². The van der Waals surface area contributed by atoms with Gasteiger partial charge in [0.1, 0.15) is 0 Å². The van der Waals surface area contributed by atoms with E-state index in [2.05, 4.69) is 16.7 Å². The molecule has 0 spiro atoms. The first kappa shape index (κ1) is 14.3. The molecule has 1 amide bonds. The summed E-state index contributed by atoms with van der Waals surface area (Å²) in [6.45, 7) is 1.80. The predicted molar refractivity (Wildman–Crippen MR) is 82.4 cm³/mol. The largest absolute Gasteiger partial charge is 0.350 e. The third-order valence-corrected chi connectivity index (χ3v) is 4.36. The fourth-order valence-electron chi connectivity index (χ4n) is 2.40. The number of benzene rings is 1. The first-order valence-electron chi connectivity index (χ1n) is 6.32. The number of halogens is 1. The van der Waals surface area contributed by atoms with Crippen molar-refractivity contribution < 1.29 is 4.79 Å². The molecule has 1 aliphatic rings. The highest BCUT2D eigenvalue weighted by atomic mass is 35.5. The van der Waals surface area contributed by atoms with E-state index in [1.807, 2.05) is 23.6 Å². The molecule has 2 heterocycles. The molecular weight excluding hydrogens is 280 g/mol. The van der Waals surface area contributed by atoms with E-state index in [9.17, 15) is 4.79 Å². The van der Waals surface area contributed by atoms with Crippen molar-refractivity contribution in [3.8, 4) is 0 Å². The molecule has 3 nitrogen and oxygen atoms in total. The number of fused-ring (bicyclic) bond motifs is 1. The van der Waals surface area contributed by atoms with Gasteiger partial charge in [-0.3, -0.25) is 4.79 Å². The predicted octanol–water partition coefficient (Wildman–Crippen LogP) is 2.80. The van der Waals surface area contributed by atoms with Gasteiger partial charge in [-0.1, -0.05) is 18.2 Å². The summed E-state index contributed by atoms with van der Waals surface area (Å²) in [5.74, 6) is 0.0427. The Morgan fingerprint density at radius 1 is 1.42 bits per heavy atom. The van der Waals surface area contributed by atoms with Crippen LogP contribution in [-0.4, -0.2) is 25.0 Å². The van der Waals surface area contributed by atoms with Gasteiger partial charge < -0.3 is 10.6 Å². The molecule has 1 saturated heterocycles. The van der Waals surface area contributed by atoms with Crippen molar-refractivity contribution in [3.63, 3.8) is 0 Å². The highest BCUT2D eigenvalue weighted by Gasteiger charge is 2.16. The normalized spacial score (nSPS) is 18.2. The third kappa shape index (κ3) is 3.08. The van der Waals surface area contributed by atoms with Crippen molar-refractivity contribution in [2.45, 2.75) is 18.9 Å². The molecule has 5 heteroatoms. The molecular formula is C14H17ClN2OS. The molecule has 102 valence electrons. The lowest BCUT2D eigenvalue weighted by molar-refractivity contribution is 0.0952. The molecule has 2 N–H and O–H groups in total. The average Bonchev–Trinajstić information content (AvgIpc) is 3.05. The second kappa shape index (κ2) is 6.37. The minimum Gasteiger partial charge on any atom is -0.350 e. The van der Waals surface area contributed by atoms with Crippen molar-refractivity contribution in [1.29, 1.82) is 0 Å². The Balaban J connectivity index is 0.00000133. The maximum Gasteiger partial charge on any atom is 0.252 e. The van der Waals surface area contributed by atoms with Crippen LogP contribution in [0.3, 0.4) is 0 Å². The fraction of sp³-hybridized carbons (Fsp3) is 0.357. The van der Waals surface area contributed by atoms with Crippen LogP contribution in [0.4, 0.5) is 0 Å². The average molecular weight is 297 g/mol. The molecule has 0 bridgehead atoms. The summed E-state index contributed by atoms with van der Waals surface area (Å²) >= 11 is 1.62. The fourth-order valence-corrected chi connectivity index (χ4v) is 3.34. The molecule has 1 unspecified atom stereocenters. The SMILES string of the molecule is Cl.O=C(NCC1CCCN1)c1csc2ccccc12. The number of carbonyl (C=O) groups is 1. The molecule has 2 aromatic rings. The van der Waals surface area contributed by atoms with E-state index >= 15 is 0 Å². The van der Waals surface area contributed by atoms with E-state index in [-0.39, 0.29) is 18.3 Å². The van der Waals surface area contributed by atoms with E-state index in [4.69, 9.17) is 0 Å². The molecule has 1 aromatic heterocycles. The Bertz CT molecular complexity index is 563. The van der Waals surface area contributed by atoms with Gasteiger partial charge in [0, 0.05) is 28.1 Å². The van der Waals surface area contributed by atoms with Crippen LogP contribution in [0.15, 0.2) is 29.6 Å². The minimum absolute atomic E-state index is 0. The van der Waals surface area contributed by atoms with Gasteiger partial charge in [0.2, 0.25) is 0 Å². The van der Waals surface area contributed by atoms with E-state index in [0.717, 1.165) is 30.5 Å².